The molecule has 0 aromatic rings. The molecule has 0 bridgehead atoms. The first kappa shape index (κ1) is 14.2. The second-order valence-electron chi connectivity index (χ2n) is 5.53. The first-order chi connectivity index (χ1) is 8.66. The largest absolute Gasteiger partial charge is 0.384 e. The minimum atomic E-state index is -0.311. The first-order valence-corrected chi connectivity index (χ1v) is 7.92. The normalized spacial score (nSPS) is 24.6. The molecule has 1 heterocycles. The van der Waals surface area contributed by atoms with Crippen LogP contribution in [0.1, 0.15) is 25.7 Å². The van der Waals surface area contributed by atoms with Crippen LogP contribution in [0.4, 0.5) is 0 Å². The third-order valence-electron chi connectivity index (χ3n) is 4.27. The van der Waals surface area contributed by atoms with Crippen LogP contribution in [0.2, 0.25) is 0 Å². The third kappa shape index (κ3) is 3.00. The molecular weight excluding hydrogens is 248 g/mol. The van der Waals surface area contributed by atoms with Crippen molar-refractivity contribution in [3.63, 3.8) is 0 Å². The fourth-order valence-corrected chi connectivity index (χ4v) is 3.37. The van der Waals surface area contributed by atoms with Gasteiger partial charge in [0.25, 0.3) is 0 Å². The lowest BCUT2D eigenvalue weighted by Gasteiger charge is -2.35. The average molecular weight is 272 g/mol. The van der Waals surface area contributed by atoms with E-state index >= 15 is 0 Å². The van der Waals surface area contributed by atoms with Crippen LogP contribution >= 0.6 is 11.8 Å². The Kier molecular flexibility index (Phi) is 4.56. The van der Waals surface area contributed by atoms with E-state index in [-0.39, 0.29) is 11.3 Å². The molecule has 2 rings (SSSR count). The van der Waals surface area contributed by atoms with Crippen molar-refractivity contribution in [3.8, 4) is 0 Å². The number of hydrogen-bond acceptors (Lipinski definition) is 4. The van der Waals surface area contributed by atoms with Gasteiger partial charge >= 0.3 is 0 Å². The molecule has 0 unspecified atom stereocenters. The highest BCUT2D eigenvalue weighted by molar-refractivity contribution is 8.00. The molecule has 18 heavy (non-hydrogen) atoms. The molecule has 2 fully saturated rings. The summed E-state index contributed by atoms with van der Waals surface area (Å²) >= 11 is 1.88. The summed E-state index contributed by atoms with van der Waals surface area (Å²) in [5.41, 5.74) is -0.311. The van der Waals surface area contributed by atoms with Crippen molar-refractivity contribution in [2.24, 2.45) is 5.41 Å². The smallest absolute Gasteiger partial charge is 0.228 e. The van der Waals surface area contributed by atoms with E-state index in [4.69, 9.17) is 4.74 Å². The number of piperidine rings is 1. The lowest BCUT2D eigenvalue weighted by Crippen LogP contribution is -2.51. The van der Waals surface area contributed by atoms with Crippen molar-refractivity contribution in [2.75, 3.05) is 39.6 Å². The Morgan fingerprint density at radius 2 is 2.00 bits per heavy atom. The quantitative estimate of drug-likeness (QED) is 0.758. The molecular formula is C13H24N2O2S. The minimum absolute atomic E-state index is 0.186. The van der Waals surface area contributed by atoms with Crippen LogP contribution in [-0.2, 0) is 9.53 Å². The number of ether oxygens (including phenoxy) is 1. The molecule has 2 N–H and O–H groups in total. The second-order valence-corrected chi connectivity index (χ2v) is 6.81. The van der Waals surface area contributed by atoms with Gasteiger partial charge in [0.05, 0.1) is 12.0 Å². The molecule has 2 aliphatic rings. The molecule has 0 spiro atoms. The highest BCUT2D eigenvalue weighted by atomic mass is 32.2. The molecule has 4 nitrogen and oxygen atoms in total. The van der Waals surface area contributed by atoms with Crippen molar-refractivity contribution < 1.29 is 9.53 Å². The topological polar surface area (TPSA) is 50.4 Å². The highest BCUT2D eigenvalue weighted by Gasteiger charge is 2.45. The Hall–Kier alpha value is -0.260. The summed E-state index contributed by atoms with van der Waals surface area (Å²) in [7, 11) is 1.68. The van der Waals surface area contributed by atoms with Crippen molar-refractivity contribution in [1.82, 2.24) is 10.6 Å². The molecule has 0 aromatic carbocycles. The van der Waals surface area contributed by atoms with Gasteiger partial charge in [-0.2, -0.15) is 11.8 Å². The van der Waals surface area contributed by atoms with Gasteiger partial charge in [0, 0.05) is 18.4 Å². The van der Waals surface area contributed by atoms with Crippen LogP contribution in [0.5, 0.6) is 0 Å². The predicted octanol–water partition coefficient (Wildman–Crippen LogP) is 1.01. The van der Waals surface area contributed by atoms with E-state index in [1.54, 1.807) is 7.11 Å². The van der Waals surface area contributed by atoms with Gasteiger partial charge in [-0.15, -0.1) is 0 Å². The van der Waals surface area contributed by atoms with Crippen molar-refractivity contribution in [2.45, 2.75) is 30.4 Å². The van der Waals surface area contributed by atoms with Crippen LogP contribution in [0.3, 0.4) is 0 Å². The summed E-state index contributed by atoms with van der Waals surface area (Å²) in [5.74, 6) is 0.186. The molecule has 104 valence electrons. The first-order valence-electron chi connectivity index (χ1n) is 6.70. The standard InChI is InChI=1S/C13H24N2O2S/c1-17-10-12(5-7-14-8-6-12)11(16)15-9-13(18-2)3-4-13/h14H,3-10H2,1-2H3,(H,15,16). The van der Waals surface area contributed by atoms with Gasteiger partial charge in [0.2, 0.25) is 5.91 Å². The van der Waals surface area contributed by atoms with Gasteiger partial charge in [0.1, 0.15) is 0 Å². The lowest BCUT2D eigenvalue weighted by molar-refractivity contribution is -0.136. The number of amides is 1. The molecule has 1 aliphatic heterocycles. The molecule has 1 saturated carbocycles. The zero-order valence-corrected chi connectivity index (χ0v) is 12.2. The molecule has 5 heteroatoms. The maximum Gasteiger partial charge on any atom is 0.228 e. The van der Waals surface area contributed by atoms with E-state index in [9.17, 15) is 4.79 Å². The van der Waals surface area contributed by atoms with E-state index in [0.29, 0.717) is 11.4 Å². The molecule has 0 radical (unpaired) electrons. The number of methoxy groups -OCH3 is 1. The Morgan fingerprint density at radius 3 is 2.50 bits per heavy atom. The maximum atomic E-state index is 12.5. The fraction of sp³-hybridized carbons (Fsp3) is 0.923. The SMILES string of the molecule is COCC1(C(=O)NCC2(SC)CC2)CCNCC1. The molecule has 0 aromatic heterocycles. The maximum absolute atomic E-state index is 12.5. The summed E-state index contributed by atoms with van der Waals surface area (Å²) in [6.07, 6.45) is 6.34. The zero-order chi connectivity index (χ0) is 13.1. The van der Waals surface area contributed by atoms with E-state index in [0.717, 1.165) is 32.5 Å². The number of nitrogens with one attached hydrogen (secondary N) is 2. The van der Waals surface area contributed by atoms with Gasteiger partial charge in [0.15, 0.2) is 0 Å². The highest BCUT2D eigenvalue weighted by Crippen LogP contribution is 2.46. The van der Waals surface area contributed by atoms with Gasteiger partial charge in [-0.05, 0) is 45.0 Å². The van der Waals surface area contributed by atoms with Gasteiger partial charge < -0.3 is 15.4 Å². The van der Waals surface area contributed by atoms with Crippen LogP contribution in [-0.4, -0.2) is 50.3 Å². The number of rotatable bonds is 6. The van der Waals surface area contributed by atoms with E-state index in [1.165, 1.54) is 12.8 Å². The van der Waals surface area contributed by atoms with Gasteiger partial charge in [-0.3, -0.25) is 4.79 Å². The van der Waals surface area contributed by atoms with E-state index in [2.05, 4.69) is 16.9 Å². The fourth-order valence-electron chi connectivity index (χ4n) is 2.64. The van der Waals surface area contributed by atoms with E-state index < -0.39 is 0 Å². The molecule has 0 atom stereocenters. The average Bonchev–Trinajstić information content (AvgIpc) is 3.18. The lowest BCUT2D eigenvalue weighted by atomic mass is 9.78. The number of carbonyl (C=O) groups excluding carboxylic acids is 1. The zero-order valence-electron chi connectivity index (χ0n) is 11.4. The Labute approximate surface area is 114 Å². The summed E-state index contributed by atoms with van der Waals surface area (Å²) in [4.78, 5) is 12.5. The van der Waals surface area contributed by atoms with Crippen molar-refractivity contribution >= 4 is 17.7 Å². The summed E-state index contributed by atoms with van der Waals surface area (Å²) in [5, 5.41) is 6.47. The molecule has 1 saturated heterocycles. The minimum Gasteiger partial charge on any atom is -0.384 e. The van der Waals surface area contributed by atoms with Gasteiger partial charge in [-0.1, -0.05) is 0 Å². The van der Waals surface area contributed by atoms with Crippen LogP contribution in [0, 0.1) is 5.41 Å². The summed E-state index contributed by atoms with van der Waals surface area (Å²) < 4.78 is 5.62. The Balaban J connectivity index is 1.91. The van der Waals surface area contributed by atoms with Crippen molar-refractivity contribution in [3.05, 3.63) is 0 Å². The van der Waals surface area contributed by atoms with Gasteiger partial charge in [-0.25, -0.2) is 0 Å². The Bertz CT molecular complexity index is 294. The summed E-state index contributed by atoms with van der Waals surface area (Å²) in [6.45, 7) is 3.16. The number of hydrogen-bond donors (Lipinski definition) is 2. The monoisotopic (exact) mass is 272 g/mol. The van der Waals surface area contributed by atoms with Crippen molar-refractivity contribution in [1.29, 1.82) is 0 Å². The van der Waals surface area contributed by atoms with Crippen LogP contribution in [0.25, 0.3) is 0 Å². The third-order valence-corrected chi connectivity index (χ3v) is 5.69. The molecule has 1 amide bonds. The van der Waals surface area contributed by atoms with E-state index in [1.807, 2.05) is 11.8 Å². The number of carbonyl (C=O) groups is 1. The molecule has 1 aliphatic carbocycles. The van der Waals surface area contributed by atoms with Crippen LogP contribution in [0.15, 0.2) is 0 Å². The Morgan fingerprint density at radius 1 is 1.33 bits per heavy atom. The second kappa shape index (κ2) is 5.80. The van der Waals surface area contributed by atoms with Crippen LogP contribution < -0.4 is 10.6 Å². The summed E-state index contributed by atoms with van der Waals surface area (Å²) in [6, 6.07) is 0. The number of thioether (sulfide) groups is 1. The predicted molar refractivity (Wildman–Crippen MR) is 74.9 cm³/mol.